The van der Waals surface area contributed by atoms with Gasteiger partial charge in [-0.25, -0.2) is 0 Å². The molecule has 3 aliphatic heterocycles. The third kappa shape index (κ3) is 3.67. The van der Waals surface area contributed by atoms with Crippen LogP contribution in [0.5, 0.6) is 0 Å². The minimum atomic E-state index is -0.687. The van der Waals surface area contributed by atoms with Gasteiger partial charge in [0, 0.05) is 36.7 Å². The molecular weight excluding hydrogens is 372 g/mol. The van der Waals surface area contributed by atoms with Gasteiger partial charge in [-0.05, 0) is 38.8 Å². The van der Waals surface area contributed by atoms with E-state index in [0.29, 0.717) is 12.5 Å². The van der Waals surface area contributed by atoms with Crippen LogP contribution in [0.3, 0.4) is 0 Å². The number of cyclic esters (lactones) is 1. The van der Waals surface area contributed by atoms with E-state index < -0.39 is 5.60 Å². The number of esters is 1. The lowest BCUT2D eigenvalue weighted by Crippen LogP contribution is -2.50. The van der Waals surface area contributed by atoms with Crippen molar-refractivity contribution in [1.82, 2.24) is 9.80 Å². The summed E-state index contributed by atoms with van der Waals surface area (Å²) in [7, 11) is 0. The molecule has 0 amide bonds. The topological polar surface area (TPSA) is 32.8 Å². The molecule has 4 heteroatoms. The lowest BCUT2D eigenvalue weighted by Gasteiger charge is -2.41. The normalized spacial score (nSPS) is 25.9. The average Bonchev–Trinajstić information content (AvgIpc) is 3.19. The molecule has 5 rings (SSSR count). The Morgan fingerprint density at radius 1 is 0.733 bits per heavy atom. The molecule has 158 valence electrons. The maximum absolute atomic E-state index is 13.1. The van der Waals surface area contributed by atoms with Crippen LogP contribution in [0.1, 0.15) is 49.7 Å². The molecule has 30 heavy (non-hydrogen) atoms. The van der Waals surface area contributed by atoms with Gasteiger partial charge in [-0.15, -0.1) is 0 Å². The smallest absolute Gasteiger partial charge is 0.324 e. The maximum Gasteiger partial charge on any atom is 0.324 e. The van der Waals surface area contributed by atoms with Crippen molar-refractivity contribution in [2.45, 2.75) is 56.2 Å². The second kappa shape index (κ2) is 8.52. The monoisotopic (exact) mass is 404 g/mol. The summed E-state index contributed by atoms with van der Waals surface area (Å²) in [5.74, 6) is -0.0703. The van der Waals surface area contributed by atoms with E-state index in [4.69, 9.17) is 4.74 Å². The quantitative estimate of drug-likeness (QED) is 0.715. The first-order valence-electron chi connectivity index (χ1n) is 11.6. The van der Waals surface area contributed by atoms with Gasteiger partial charge in [0.05, 0.1) is 0 Å². The highest BCUT2D eigenvalue weighted by Crippen LogP contribution is 2.44. The summed E-state index contributed by atoms with van der Waals surface area (Å²) >= 11 is 0. The van der Waals surface area contributed by atoms with Crippen molar-refractivity contribution in [1.29, 1.82) is 0 Å². The average molecular weight is 405 g/mol. The lowest BCUT2D eigenvalue weighted by atomic mass is 9.82. The second-order valence-electron chi connectivity index (χ2n) is 9.06. The van der Waals surface area contributed by atoms with E-state index in [1.807, 2.05) is 36.4 Å². The summed E-state index contributed by atoms with van der Waals surface area (Å²) in [5.41, 5.74) is 1.44. The fourth-order valence-electron chi connectivity index (χ4n) is 5.70. The molecule has 2 aromatic carbocycles. The summed E-state index contributed by atoms with van der Waals surface area (Å²) in [4.78, 5) is 18.2. The SMILES string of the molecule is O=C1OC(c2ccccc2)(c2ccccc2)CC1N1CCC(N2CCCCC2)CC1. The van der Waals surface area contributed by atoms with Crippen LogP contribution >= 0.6 is 0 Å². The molecule has 0 bridgehead atoms. The van der Waals surface area contributed by atoms with Crippen molar-refractivity contribution in [3.05, 3.63) is 71.8 Å². The Hall–Kier alpha value is -2.17. The molecule has 0 N–H and O–H groups in total. The first kappa shape index (κ1) is 19.8. The van der Waals surface area contributed by atoms with E-state index in [1.165, 1.54) is 32.4 Å². The number of hydrogen-bond acceptors (Lipinski definition) is 4. The summed E-state index contributed by atoms with van der Waals surface area (Å²) in [6, 6.07) is 21.0. The van der Waals surface area contributed by atoms with Crippen LogP contribution in [-0.2, 0) is 15.1 Å². The van der Waals surface area contributed by atoms with Gasteiger partial charge in [-0.3, -0.25) is 9.69 Å². The Labute approximate surface area is 179 Å². The highest BCUT2D eigenvalue weighted by Gasteiger charge is 2.51. The van der Waals surface area contributed by atoms with Gasteiger partial charge in [-0.2, -0.15) is 0 Å². The van der Waals surface area contributed by atoms with Gasteiger partial charge in [0.25, 0.3) is 0 Å². The van der Waals surface area contributed by atoms with E-state index >= 15 is 0 Å². The number of nitrogens with zero attached hydrogens (tertiary/aromatic N) is 2. The fourth-order valence-corrected chi connectivity index (χ4v) is 5.70. The molecule has 2 aromatic rings. The summed E-state index contributed by atoms with van der Waals surface area (Å²) in [5, 5.41) is 0. The Bertz CT molecular complexity index is 800. The van der Waals surface area contributed by atoms with Crippen LogP contribution in [0.2, 0.25) is 0 Å². The van der Waals surface area contributed by atoms with Crippen molar-refractivity contribution >= 4 is 5.97 Å². The summed E-state index contributed by atoms with van der Waals surface area (Å²) in [6.45, 7) is 4.48. The maximum atomic E-state index is 13.1. The highest BCUT2D eigenvalue weighted by molar-refractivity contribution is 5.80. The minimum Gasteiger partial charge on any atom is -0.448 e. The third-order valence-corrected chi connectivity index (χ3v) is 7.35. The Balaban J connectivity index is 1.35. The standard InChI is InChI=1S/C26H32N2O2/c29-25-24(28-18-14-23(15-19-28)27-16-8-3-9-17-27)20-26(30-25,21-10-4-1-5-11-21)22-12-6-2-7-13-22/h1-2,4-7,10-13,23-24H,3,8-9,14-20H2. The Morgan fingerprint density at radius 2 is 1.30 bits per heavy atom. The molecule has 4 nitrogen and oxygen atoms in total. The number of ether oxygens (including phenoxy) is 1. The predicted octanol–water partition coefficient (Wildman–Crippen LogP) is 4.20. The van der Waals surface area contributed by atoms with Crippen molar-refractivity contribution in [2.75, 3.05) is 26.2 Å². The first-order valence-corrected chi connectivity index (χ1v) is 11.6. The zero-order valence-electron chi connectivity index (χ0n) is 17.7. The largest absolute Gasteiger partial charge is 0.448 e. The molecule has 1 atom stereocenters. The number of benzene rings is 2. The van der Waals surface area contributed by atoms with Crippen molar-refractivity contribution in [2.24, 2.45) is 0 Å². The molecule has 0 saturated carbocycles. The number of likely N-dealkylation sites (tertiary alicyclic amines) is 2. The van der Waals surface area contributed by atoms with Crippen molar-refractivity contribution < 1.29 is 9.53 Å². The number of carbonyl (C=O) groups excluding carboxylic acids is 1. The van der Waals surface area contributed by atoms with Gasteiger partial charge in [0.2, 0.25) is 0 Å². The highest BCUT2D eigenvalue weighted by atomic mass is 16.6. The summed E-state index contributed by atoms with van der Waals surface area (Å²) in [6.07, 6.45) is 7.07. The van der Waals surface area contributed by atoms with Gasteiger partial charge in [0.1, 0.15) is 6.04 Å². The molecule has 3 aliphatic rings. The van der Waals surface area contributed by atoms with E-state index in [-0.39, 0.29) is 12.0 Å². The molecular formula is C26H32N2O2. The van der Waals surface area contributed by atoms with E-state index in [9.17, 15) is 4.79 Å². The zero-order chi connectivity index (χ0) is 20.4. The van der Waals surface area contributed by atoms with Gasteiger partial charge in [0.15, 0.2) is 5.60 Å². The number of carbonyl (C=O) groups is 1. The Morgan fingerprint density at radius 3 is 1.87 bits per heavy atom. The van der Waals surface area contributed by atoms with Crippen LogP contribution < -0.4 is 0 Å². The molecule has 0 spiro atoms. The zero-order valence-corrected chi connectivity index (χ0v) is 17.7. The van der Waals surface area contributed by atoms with E-state index in [2.05, 4.69) is 34.1 Å². The third-order valence-electron chi connectivity index (χ3n) is 7.35. The van der Waals surface area contributed by atoms with Gasteiger partial charge in [-0.1, -0.05) is 67.1 Å². The summed E-state index contributed by atoms with van der Waals surface area (Å²) < 4.78 is 6.24. The Kier molecular flexibility index (Phi) is 5.62. The first-order chi connectivity index (χ1) is 14.8. The minimum absolute atomic E-state index is 0.0703. The van der Waals surface area contributed by atoms with Gasteiger partial charge < -0.3 is 9.64 Å². The van der Waals surface area contributed by atoms with Gasteiger partial charge >= 0.3 is 5.97 Å². The van der Waals surface area contributed by atoms with Crippen LogP contribution in [0.4, 0.5) is 0 Å². The number of rotatable bonds is 4. The molecule has 0 aromatic heterocycles. The van der Waals surface area contributed by atoms with Crippen molar-refractivity contribution in [3.8, 4) is 0 Å². The van der Waals surface area contributed by atoms with Crippen LogP contribution in [-0.4, -0.2) is 54.0 Å². The van der Waals surface area contributed by atoms with Crippen LogP contribution in [0.15, 0.2) is 60.7 Å². The fraction of sp³-hybridized carbons (Fsp3) is 0.500. The van der Waals surface area contributed by atoms with E-state index in [0.717, 1.165) is 37.1 Å². The molecule has 0 aliphatic carbocycles. The van der Waals surface area contributed by atoms with E-state index in [1.54, 1.807) is 0 Å². The lowest BCUT2D eigenvalue weighted by molar-refractivity contribution is -0.150. The molecule has 0 radical (unpaired) electrons. The van der Waals surface area contributed by atoms with Crippen LogP contribution in [0.25, 0.3) is 0 Å². The number of piperidine rings is 2. The van der Waals surface area contributed by atoms with Crippen LogP contribution in [0, 0.1) is 0 Å². The molecule has 3 saturated heterocycles. The second-order valence-corrected chi connectivity index (χ2v) is 9.06. The molecule has 3 heterocycles. The molecule has 3 fully saturated rings. The number of hydrogen-bond donors (Lipinski definition) is 0. The predicted molar refractivity (Wildman–Crippen MR) is 118 cm³/mol. The van der Waals surface area contributed by atoms with Crippen molar-refractivity contribution in [3.63, 3.8) is 0 Å². The molecule has 1 unspecified atom stereocenters.